The molecule has 3 N–H and O–H groups in total. The molecule has 4 saturated carbocycles. The van der Waals surface area contributed by atoms with Gasteiger partial charge in [0.2, 0.25) is 11.8 Å². The number of hydrogen-bond acceptors (Lipinski definition) is 2. The molecule has 4 heteroatoms. The highest BCUT2D eigenvalue weighted by molar-refractivity contribution is 5.79. The average Bonchev–Trinajstić information content (AvgIpc) is 2.46. The van der Waals surface area contributed by atoms with Crippen molar-refractivity contribution >= 4 is 11.8 Å². The minimum absolute atomic E-state index is 0.0637. The van der Waals surface area contributed by atoms with Crippen LogP contribution in [0.1, 0.15) is 58.8 Å². The minimum atomic E-state index is -0.181. The van der Waals surface area contributed by atoms with Crippen LogP contribution < -0.4 is 11.1 Å². The normalized spacial score (nSPS) is 36.2. The molecule has 4 rings (SSSR count). The lowest BCUT2D eigenvalue weighted by molar-refractivity contribution is -0.132. The summed E-state index contributed by atoms with van der Waals surface area (Å²) in [5, 5.41) is 2.95. The van der Waals surface area contributed by atoms with E-state index < -0.39 is 0 Å². The average molecular weight is 320 g/mol. The molecule has 0 saturated heterocycles. The Morgan fingerprint density at radius 1 is 1.04 bits per heavy atom. The molecule has 130 valence electrons. The largest absolute Gasteiger partial charge is 0.369 e. The lowest BCUT2D eigenvalue weighted by atomic mass is 9.49. The third-order valence-corrected chi connectivity index (χ3v) is 6.52. The van der Waals surface area contributed by atoms with Gasteiger partial charge in [-0.25, -0.2) is 0 Å². The molecule has 0 aliphatic heterocycles. The number of carbonyl (C=O) groups excluding carboxylic acids is 2. The summed E-state index contributed by atoms with van der Waals surface area (Å²) in [7, 11) is 0. The first-order chi connectivity index (χ1) is 10.9. The molecule has 4 aliphatic rings. The van der Waals surface area contributed by atoms with E-state index in [2.05, 4.69) is 19.2 Å². The van der Waals surface area contributed by atoms with Gasteiger partial charge in [-0.3, -0.25) is 9.59 Å². The van der Waals surface area contributed by atoms with Crippen molar-refractivity contribution in [1.29, 1.82) is 0 Å². The Labute approximate surface area is 140 Å². The first-order valence-corrected chi connectivity index (χ1v) is 9.50. The monoisotopic (exact) mass is 320 g/mol. The van der Waals surface area contributed by atoms with Gasteiger partial charge in [-0.1, -0.05) is 13.8 Å². The van der Waals surface area contributed by atoms with Gasteiger partial charge in [0.15, 0.2) is 0 Å². The van der Waals surface area contributed by atoms with Crippen molar-refractivity contribution in [3.8, 4) is 0 Å². The van der Waals surface area contributed by atoms with Crippen molar-refractivity contribution < 1.29 is 9.59 Å². The van der Waals surface area contributed by atoms with Crippen LogP contribution in [0.25, 0.3) is 0 Å². The van der Waals surface area contributed by atoms with Crippen LogP contribution in [-0.4, -0.2) is 18.4 Å². The second-order valence-electron chi connectivity index (χ2n) is 8.75. The molecule has 1 atom stereocenters. The molecule has 0 aromatic carbocycles. The number of nitrogens with one attached hydrogen (secondary N) is 1. The summed E-state index contributed by atoms with van der Waals surface area (Å²) in [6, 6.07) is 0. The van der Waals surface area contributed by atoms with E-state index in [1.54, 1.807) is 0 Å². The topological polar surface area (TPSA) is 72.2 Å². The van der Waals surface area contributed by atoms with Crippen molar-refractivity contribution in [1.82, 2.24) is 5.32 Å². The molecular formula is C19H32N2O2. The van der Waals surface area contributed by atoms with Gasteiger partial charge in [0.25, 0.3) is 0 Å². The van der Waals surface area contributed by atoms with Crippen molar-refractivity contribution in [2.45, 2.75) is 58.8 Å². The summed E-state index contributed by atoms with van der Waals surface area (Å²) in [6.45, 7) is 4.88. The zero-order valence-electron chi connectivity index (χ0n) is 14.6. The number of hydrogen-bond donors (Lipinski definition) is 2. The van der Waals surface area contributed by atoms with Crippen molar-refractivity contribution in [3.63, 3.8) is 0 Å². The Morgan fingerprint density at radius 3 is 2.09 bits per heavy atom. The fourth-order valence-electron chi connectivity index (χ4n) is 5.84. The van der Waals surface area contributed by atoms with Gasteiger partial charge < -0.3 is 11.1 Å². The predicted octanol–water partition coefficient (Wildman–Crippen LogP) is 2.71. The van der Waals surface area contributed by atoms with Gasteiger partial charge in [-0.05, 0) is 74.0 Å². The Bertz CT molecular complexity index is 432. The van der Waals surface area contributed by atoms with E-state index in [9.17, 15) is 9.59 Å². The maximum atomic E-state index is 12.1. The van der Waals surface area contributed by atoms with Crippen LogP contribution in [0.15, 0.2) is 0 Å². The molecule has 2 amide bonds. The van der Waals surface area contributed by atoms with Gasteiger partial charge in [-0.2, -0.15) is 0 Å². The lowest BCUT2D eigenvalue weighted by Gasteiger charge is -2.56. The minimum Gasteiger partial charge on any atom is -0.369 e. The Hall–Kier alpha value is -1.06. The number of rotatable bonds is 7. The first kappa shape index (κ1) is 16.8. The molecule has 0 aromatic rings. The molecule has 4 nitrogen and oxygen atoms in total. The molecular weight excluding hydrogens is 288 g/mol. The first-order valence-electron chi connectivity index (χ1n) is 9.50. The predicted molar refractivity (Wildman–Crippen MR) is 90.3 cm³/mol. The van der Waals surface area contributed by atoms with Gasteiger partial charge in [0, 0.05) is 18.9 Å². The third-order valence-electron chi connectivity index (χ3n) is 6.52. The van der Waals surface area contributed by atoms with Crippen LogP contribution in [0, 0.1) is 41.4 Å². The van der Waals surface area contributed by atoms with E-state index in [-0.39, 0.29) is 17.7 Å². The highest BCUT2D eigenvalue weighted by Crippen LogP contribution is 2.58. The number of carbonyl (C=O) groups is 2. The second kappa shape index (κ2) is 6.82. The van der Waals surface area contributed by atoms with Gasteiger partial charge in [0.1, 0.15) is 0 Å². The van der Waals surface area contributed by atoms with Crippen molar-refractivity contribution in [2.75, 3.05) is 6.54 Å². The molecule has 4 bridgehead atoms. The van der Waals surface area contributed by atoms with Crippen molar-refractivity contribution in [2.24, 2.45) is 47.2 Å². The van der Waals surface area contributed by atoms with Crippen LogP contribution in [0.4, 0.5) is 0 Å². The van der Waals surface area contributed by atoms with Crippen molar-refractivity contribution in [3.05, 3.63) is 0 Å². The Morgan fingerprint density at radius 2 is 1.61 bits per heavy atom. The summed E-state index contributed by atoms with van der Waals surface area (Å²) in [5.41, 5.74) is 5.75. The molecule has 23 heavy (non-hydrogen) atoms. The fourth-order valence-corrected chi connectivity index (χ4v) is 5.84. The summed E-state index contributed by atoms with van der Waals surface area (Å²) in [5.74, 6) is 3.84. The van der Waals surface area contributed by atoms with E-state index >= 15 is 0 Å². The molecule has 0 heterocycles. The molecule has 4 fully saturated rings. The molecule has 0 spiro atoms. The second-order valence-corrected chi connectivity index (χ2v) is 8.75. The quantitative estimate of drug-likeness (QED) is 0.757. The SMILES string of the molecule is CC(C)CNC(=O)CCC(C(N)=O)C1C2CC3CC(C2)CC1C3. The smallest absolute Gasteiger partial charge is 0.220 e. The van der Waals surface area contributed by atoms with Gasteiger partial charge in [-0.15, -0.1) is 0 Å². The Kier molecular flexibility index (Phi) is 4.98. The Balaban J connectivity index is 1.59. The third kappa shape index (κ3) is 3.72. The summed E-state index contributed by atoms with van der Waals surface area (Å²) < 4.78 is 0. The van der Waals surface area contributed by atoms with Crippen LogP contribution in [-0.2, 0) is 9.59 Å². The number of amides is 2. The fraction of sp³-hybridized carbons (Fsp3) is 0.895. The van der Waals surface area contributed by atoms with E-state index in [1.165, 1.54) is 32.1 Å². The van der Waals surface area contributed by atoms with Gasteiger partial charge in [0.05, 0.1) is 0 Å². The highest BCUT2D eigenvalue weighted by atomic mass is 16.2. The zero-order chi connectivity index (χ0) is 16.6. The summed E-state index contributed by atoms with van der Waals surface area (Å²) >= 11 is 0. The maximum absolute atomic E-state index is 12.1. The van der Waals surface area contributed by atoms with E-state index in [0.717, 1.165) is 11.8 Å². The molecule has 0 radical (unpaired) electrons. The van der Waals surface area contributed by atoms with E-state index in [0.29, 0.717) is 43.1 Å². The molecule has 4 aliphatic carbocycles. The highest BCUT2D eigenvalue weighted by Gasteiger charge is 2.51. The van der Waals surface area contributed by atoms with Crippen LogP contribution >= 0.6 is 0 Å². The maximum Gasteiger partial charge on any atom is 0.220 e. The number of nitrogens with two attached hydrogens (primary N) is 1. The van der Waals surface area contributed by atoms with Crippen LogP contribution in [0.3, 0.4) is 0 Å². The zero-order valence-corrected chi connectivity index (χ0v) is 14.6. The lowest BCUT2D eigenvalue weighted by Crippen LogP contribution is -2.50. The molecule has 1 unspecified atom stereocenters. The molecule has 0 aromatic heterocycles. The van der Waals surface area contributed by atoms with Gasteiger partial charge >= 0.3 is 0 Å². The number of primary amides is 1. The summed E-state index contributed by atoms with van der Waals surface area (Å²) in [4.78, 5) is 24.1. The van der Waals surface area contributed by atoms with Crippen LogP contribution in [0.2, 0.25) is 0 Å². The standard InChI is InChI=1S/C19H32N2O2/c1-11(2)10-21-17(22)4-3-16(19(20)23)18-14-6-12-5-13(8-14)9-15(18)7-12/h11-16,18H,3-10H2,1-2H3,(H2,20,23)(H,21,22). The summed E-state index contributed by atoms with van der Waals surface area (Å²) in [6.07, 6.45) is 7.65. The van der Waals surface area contributed by atoms with Crippen LogP contribution in [0.5, 0.6) is 0 Å². The van der Waals surface area contributed by atoms with E-state index in [1.807, 2.05) is 0 Å². The van der Waals surface area contributed by atoms with E-state index in [4.69, 9.17) is 5.73 Å².